The zero-order valence-electron chi connectivity index (χ0n) is 22.1. The number of hydrogen-bond acceptors (Lipinski definition) is 8. The number of nitrogens with zero attached hydrogens (tertiary/aromatic N) is 3. The van der Waals surface area contributed by atoms with Gasteiger partial charge in [-0.05, 0) is 75.8 Å². The maximum absolute atomic E-state index is 13.1. The van der Waals surface area contributed by atoms with E-state index in [9.17, 15) is 14.7 Å². The van der Waals surface area contributed by atoms with Crippen LogP contribution in [0.5, 0.6) is 5.75 Å². The van der Waals surface area contributed by atoms with Crippen molar-refractivity contribution in [1.82, 2.24) is 14.8 Å². The lowest BCUT2D eigenvalue weighted by Crippen LogP contribution is -2.17. The van der Waals surface area contributed by atoms with Gasteiger partial charge in [0.2, 0.25) is 5.91 Å². The highest BCUT2D eigenvalue weighted by Gasteiger charge is 2.27. The van der Waals surface area contributed by atoms with Crippen LogP contribution in [0.4, 0.5) is 5.00 Å². The summed E-state index contributed by atoms with van der Waals surface area (Å²) in [5.74, 6) is 0.0105. The number of benzene rings is 2. The molecular weight excluding hydrogens is 532 g/mol. The first-order valence-corrected chi connectivity index (χ1v) is 14.7. The van der Waals surface area contributed by atoms with Gasteiger partial charge >= 0.3 is 5.97 Å². The lowest BCUT2D eigenvalue weighted by molar-refractivity contribution is -0.113. The van der Waals surface area contributed by atoms with Gasteiger partial charge in [0.15, 0.2) is 11.0 Å². The first-order valence-electron chi connectivity index (χ1n) is 12.9. The summed E-state index contributed by atoms with van der Waals surface area (Å²) < 4.78 is 7.18. The average molecular weight is 563 g/mol. The van der Waals surface area contributed by atoms with Gasteiger partial charge in [-0.2, -0.15) is 0 Å². The van der Waals surface area contributed by atoms with E-state index in [4.69, 9.17) is 4.74 Å². The Morgan fingerprint density at radius 3 is 2.69 bits per heavy atom. The van der Waals surface area contributed by atoms with Gasteiger partial charge in [-0.25, -0.2) is 4.79 Å². The van der Waals surface area contributed by atoms with Gasteiger partial charge in [0.25, 0.3) is 0 Å². The van der Waals surface area contributed by atoms with Crippen LogP contribution in [-0.4, -0.2) is 44.1 Å². The second-order valence-electron chi connectivity index (χ2n) is 9.42. The summed E-state index contributed by atoms with van der Waals surface area (Å²) in [6.07, 6.45) is 3.82. The van der Waals surface area contributed by atoms with Crippen LogP contribution in [0.1, 0.15) is 51.7 Å². The molecule has 0 bridgehead atoms. The van der Waals surface area contributed by atoms with Crippen molar-refractivity contribution in [3.63, 3.8) is 0 Å². The summed E-state index contributed by atoms with van der Waals surface area (Å²) in [6.45, 7) is 6.09. The Balaban J connectivity index is 1.43. The average Bonchev–Trinajstić information content (AvgIpc) is 3.49. The van der Waals surface area contributed by atoms with E-state index in [1.807, 2.05) is 36.6 Å². The van der Waals surface area contributed by atoms with Crippen LogP contribution >= 0.6 is 23.1 Å². The number of ether oxygens (including phenoxy) is 1. The molecule has 1 aliphatic rings. The molecule has 0 atom stereocenters. The van der Waals surface area contributed by atoms with Gasteiger partial charge in [-0.3, -0.25) is 9.36 Å². The van der Waals surface area contributed by atoms with Crippen LogP contribution < -0.4 is 5.32 Å². The van der Waals surface area contributed by atoms with Gasteiger partial charge < -0.3 is 15.2 Å². The third-order valence-electron chi connectivity index (χ3n) is 6.61. The second kappa shape index (κ2) is 11.6. The molecule has 2 N–H and O–H groups in total. The lowest BCUT2D eigenvalue weighted by Gasteiger charge is -2.14. The van der Waals surface area contributed by atoms with E-state index in [1.165, 1.54) is 23.1 Å². The first kappa shape index (κ1) is 27.0. The minimum atomic E-state index is -0.387. The molecule has 2 aromatic carbocycles. The van der Waals surface area contributed by atoms with Gasteiger partial charge in [-0.15, -0.1) is 21.5 Å². The molecule has 1 aliphatic carbocycles. The lowest BCUT2D eigenvalue weighted by atomic mass is 9.95. The number of amides is 1. The highest BCUT2D eigenvalue weighted by atomic mass is 32.2. The van der Waals surface area contributed by atoms with E-state index in [-0.39, 0.29) is 30.0 Å². The number of phenolic OH excluding ortho intramolecular Hbond substituents is 1. The number of nitrogens with one attached hydrogen (secondary N) is 1. The van der Waals surface area contributed by atoms with Crippen molar-refractivity contribution in [3.8, 4) is 22.8 Å². The molecule has 0 aliphatic heterocycles. The summed E-state index contributed by atoms with van der Waals surface area (Å²) in [6, 6.07) is 13.0. The fourth-order valence-corrected chi connectivity index (χ4v) is 6.88. The summed E-state index contributed by atoms with van der Waals surface area (Å²) in [5, 5.41) is 23.3. The Morgan fingerprint density at radius 2 is 1.92 bits per heavy atom. The predicted molar refractivity (Wildman–Crippen MR) is 154 cm³/mol. The fraction of sp³-hybridized carbons (Fsp3) is 0.310. The molecule has 5 rings (SSSR count). The molecule has 2 heterocycles. The Hall–Kier alpha value is -3.63. The molecule has 202 valence electrons. The number of aromatic nitrogens is 3. The fourth-order valence-electron chi connectivity index (χ4n) is 4.84. The zero-order valence-corrected chi connectivity index (χ0v) is 23.7. The van der Waals surface area contributed by atoms with Crippen molar-refractivity contribution < 1.29 is 19.4 Å². The summed E-state index contributed by atoms with van der Waals surface area (Å²) in [5.41, 5.74) is 5.05. The van der Waals surface area contributed by atoms with Crippen molar-refractivity contribution in [3.05, 3.63) is 69.6 Å². The Labute approximate surface area is 235 Å². The normalized spacial score (nSPS) is 12.7. The molecule has 4 aromatic rings. The van der Waals surface area contributed by atoms with Gasteiger partial charge in [0, 0.05) is 4.88 Å². The highest BCUT2D eigenvalue weighted by molar-refractivity contribution is 7.99. The number of esters is 1. The molecule has 0 fully saturated rings. The SMILES string of the molecule is CCOC(=O)c1c(NC(=O)CSc2nnc(-c3ccccc3O)n2-c2ccc(C)cc2C)sc2c1CCCC2. The molecule has 39 heavy (non-hydrogen) atoms. The van der Waals surface area contributed by atoms with Crippen LogP contribution in [0, 0.1) is 13.8 Å². The molecule has 8 nitrogen and oxygen atoms in total. The highest BCUT2D eigenvalue weighted by Crippen LogP contribution is 2.39. The number of phenols is 1. The molecule has 0 saturated heterocycles. The van der Waals surface area contributed by atoms with Gasteiger partial charge in [-0.1, -0.05) is 41.6 Å². The monoisotopic (exact) mass is 562 g/mol. The molecule has 10 heteroatoms. The predicted octanol–water partition coefficient (Wildman–Crippen LogP) is 6.10. The molecule has 0 saturated carbocycles. The minimum Gasteiger partial charge on any atom is -0.507 e. The number of para-hydroxylation sites is 1. The second-order valence-corrected chi connectivity index (χ2v) is 11.5. The molecule has 2 aromatic heterocycles. The number of carbonyl (C=O) groups is 2. The Kier molecular flexibility index (Phi) is 8.04. The van der Waals surface area contributed by atoms with Crippen molar-refractivity contribution in [2.45, 2.75) is 51.6 Å². The van der Waals surface area contributed by atoms with E-state index >= 15 is 0 Å². The largest absolute Gasteiger partial charge is 0.507 e. The maximum Gasteiger partial charge on any atom is 0.341 e. The van der Waals surface area contributed by atoms with E-state index in [1.54, 1.807) is 25.1 Å². The number of thioether (sulfide) groups is 1. The van der Waals surface area contributed by atoms with Crippen LogP contribution in [0.15, 0.2) is 47.6 Å². The van der Waals surface area contributed by atoms with Crippen LogP contribution in [-0.2, 0) is 22.4 Å². The van der Waals surface area contributed by atoms with E-state index in [0.717, 1.165) is 52.9 Å². The van der Waals surface area contributed by atoms with Crippen molar-refractivity contribution in [2.75, 3.05) is 17.7 Å². The van der Waals surface area contributed by atoms with Crippen molar-refractivity contribution >= 4 is 40.0 Å². The number of fused-ring (bicyclic) bond motifs is 1. The number of anilines is 1. The molecule has 1 amide bonds. The zero-order chi connectivity index (χ0) is 27.5. The topological polar surface area (TPSA) is 106 Å². The van der Waals surface area contributed by atoms with E-state index < -0.39 is 0 Å². The van der Waals surface area contributed by atoms with E-state index in [2.05, 4.69) is 21.6 Å². The Morgan fingerprint density at radius 1 is 1.13 bits per heavy atom. The molecule has 0 spiro atoms. The number of rotatable bonds is 8. The van der Waals surface area contributed by atoms with Crippen LogP contribution in [0.25, 0.3) is 17.1 Å². The quantitative estimate of drug-likeness (QED) is 0.197. The first-order chi connectivity index (χ1) is 18.9. The Bertz CT molecular complexity index is 1540. The number of thiophene rings is 1. The molecular formula is C29H30N4O4S2. The van der Waals surface area contributed by atoms with Crippen molar-refractivity contribution in [1.29, 1.82) is 0 Å². The van der Waals surface area contributed by atoms with Crippen LogP contribution in [0.2, 0.25) is 0 Å². The van der Waals surface area contributed by atoms with Gasteiger partial charge in [0.1, 0.15) is 10.8 Å². The number of aromatic hydroxyl groups is 1. The summed E-state index contributed by atoms with van der Waals surface area (Å²) in [7, 11) is 0. The standard InChI is InChI=1S/C29H30N4O4S2/c1-4-37-28(36)25-20-10-6-8-12-23(20)39-27(25)30-24(35)16-38-29-32-31-26(19-9-5-7-11-22(19)34)33(29)21-14-13-17(2)15-18(21)3/h5,7,9,11,13-15,34H,4,6,8,10,12,16H2,1-3H3,(H,30,35). The smallest absolute Gasteiger partial charge is 0.341 e. The number of hydrogen-bond donors (Lipinski definition) is 2. The van der Waals surface area contributed by atoms with Crippen LogP contribution in [0.3, 0.4) is 0 Å². The number of aryl methyl sites for hydroxylation is 3. The maximum atomic E-state index is 13.1. The summed E-state index contributed by atoms with van der Waals surface area (Å²) in [4.78, 5) is 27.1. The summed E-state index contributed by atoms with van der Waals surface area (Å²) >= 11 is 2.72. The third kappa shape index (κ3) is 5.58. The molecule has 0 unspecified atom stereocenters. The minimum absolute atomic E-state index is 0.0641. The number of carbonyl (C=O) groups excluding carboxylic acids is 2. The van der Waals surface area contributed by atoms with Gasteiger partial charge in [0.05, 0.1) is 29.2 Å². The molecule has 0 radical (unpaired) electrons. The van der Waals surface area contributed by atoms with Crippen molar-refractivity contribution in [2.24, 2.45) is 0 Å². The third-order valence-corrected chi connectivity index (χ3v) is 8.74. The van der Waals surface area contributed by atoms with E-state index in [0.29, 0.717) is 27.1 Å².